The van der Waals surface area contributed by atoms with Crippen LogP contribution in [0.3, 0.4) is 0 Å². The number of aliphatic hydroxyl groups excluding tert-OH is 1. The lowest BCUT2D eigenvalue weighted by Crippen LogP contribution is -2.43. The fraction of sp³-hybridized carbons (Fsp3) is 0.276. The van der Waals surface area contributed by atoms with Crippen molar-refractivity contribution in [2.45, 2.75) is 25.9 Å². The van der Waals surface area contributed by atoms with E-state index in [-0.39, 0.29) is 6.10 Å². The fourth-order valence-corrected chi connectivity index (χ4v) is 4.25. The lowest BCUT2D eigenvalue weighted by molar-refractivity contribution is 0.0251. The van der Waals surface area contributed by atoms with Gasteiger partial charge in [0.25, 0.3) is 0 Å². The third kappa shape index (κ3) is 6.55. The monoisotopic (exact) mass is 456 g/mol. The first-order valence-corrected chi connectivity index (χ1v) is 11.9. The van der Waals surface area contributed by atoms with Gasteiger partial charge in [-0.15, -0.1) is 0 Å². The molecule has 168 valence electrons. The van der Waals surface area contributed by atoms with Crippen LogP contribution < -0.4 is 0 Å². The number of likely N-dealkylation sites (tertiary alicyclic amines) is 1. The van der Waals surface area contributed by atoms with Gasteiger partial charge in [-0.3, -0.25) is 4.90 Å². The van der Waals surface area contributed by atoms with E-state index in [2.05, 4.69) is 52.9 Å². The molecule has 4 rings (SSSR count). The first-order valence-electron chi connectivity index (χ1n) is 11.5. The number of hydrogen-bond donors (Lipinski definition) is 1. The van der Waals surface area contributed by atoms with Crippen molar-refractivity contribution in [3.05, 3.63) is 94.8 Å². The molecule has 0 amide bonds. The van der Waals surface area contributed by atoms with Gasteiger partial charge < -0.3 is 5.11 Å². The van der Waals surface area contributed by atoms with Crippen LogP contribution in [0.4, 0.5) is 0 Å². The summed E-state index contributed by atoms with van der Waals surface area (Å²) in [7, 11) is 0. The van der Waals surface area contributed by atoms with Crippen molar-refractivity contribution in [2.24, 2.45) is 5.92 Å². The number of hydrogen-bond acceptors (Lipinski definition) is 3. The van der Waals surface area contributed by atoms with E-state index in [0.717, 1.165) is 65.4 Å². The standard InChI is InChI=1S/C29H29ClN2O/c1-2-24-17-19-32(21-29(24)33)18-3-4-22-5-7-23(8-6-22)9-15-28-16-12-26(20-31-28)25-10-13-27(30)14-11-25/h3-8,10-14,16,20,24,29,33H,2,17-19,21H2,1H3/b4-3+/t24?,29-/m1/s1. The predicted octanol–water partition coefficient (Wildman–Crippen LogP) is 5.91. The van der Waals surface area contributed by atoms with Gasteiger partial charge in [-0.05, 0) is 66.3 Å². The first-order chi connectivity index (χ1) is 16.1. The van der Waals surface area contributed by atoms with E-state index in [1.54, 1.807) is 0 Å². The lowest BCUT2D eigenvalue weighted by Gasteiger charge is -2.34. The average Bonchev–Trinajstić information content (AvgIpc) is 2.84. The number of benzene rings is 2. The Hall–Kier alpha value is -2.90. The molecule has 2 heterocycles. The predicted molar refractivity (Wildman–Crippen MR) is 137 cm³/mol. The van der Waals surface area contributed by atoms with Crippen molar-refractivity contribution in [1.82, 2.24) is 9.88 Å². The molecule has 3 aromatic rings. The van der Waals surface area contributed by atoms with Gasteiger partial charge in [-0.2, -0.15) is 0 Å². The summed E-state index contributed by atoms with van der Waals surface area (Å²) >= 11 is 5.96. The molecule has 4 heteroatoms. The van der Waals surface area contributed by atoms with Gasteiger partial charge in [0.15, 0.2) is 0 Å². The maximum atomic E-state index is 10.2. The second kappa shape index (κ2) is 11.3. The molecule has 0 saturated carbocycles. The summed E-state index contributed by atoms with van der Waals surface area (Å²) in [5, 5.41) is 10.9. The molecule has 0 aliphatic carbocycles. The van der Waals surface area contributed by atoms with Gasteiger partial charge >= 0.3 is 0 Å². The van der Waals surface area contributed by atoms with E-state index in [0.29, 0.717) is 5.92 Å². The SMILES string of the molecule is CCC1CCN(C/C=C/c2ccc(C#Cc3ccc(-c4ccc(Cl)cc4)cn3)cc2)C[C@H]1O. The van der Waals surface area contributed by atoms with E-state index >= 15 is 0 Å². The summed E-state index contributed by atoms with van der Waals surface area (Å²) in [6.07, 6.45) is 8.09. The highest BCUT2D eigenvalue weighted by atomic mass is 35.5. The Morgan fingerprint density at radius 1 is 1.03 bits per heavy atom. The van der Waals surface area contributed by atoms with Crippen LogP contribution in [0.15, 0.2) is 72.9 Å². The van der Waals surface area contributed by atoms with E-state index in [1.165, 1.54) is 0 Å². The molecule has 0 radical (unpaired) electrons. The van der Waals surface area contributed by atoms with Gasteiger partial charge in [0, 0.05) is 35.4 Å². The van der Waals surface area contributed by atoms with Crippen LogP contribution in [-0.2, 0) is 0 Å². The molecule has 1 saturated heterocycles. The number of nitrogens with zero attached hydrogens (tertiary/aromatic N) is 2. The Bertz CT molecular complexity index is 1130. The number of halogens is 1. The van der Waals surface area contributed by atoms with E-state index < -0.39 is 0 Å². The summed E-state index contributed by atoms with van der Waals surface area (Å²) in [6.45, 7) is 4.86. The third-order valence-corrected chi connectivity index (χ3v) is 6.44. The minimum Gasteiger partial charge on any atom is -0.392 e. The maximum Gasteiger partial charge on any atom is 0.113 e. The zero-order chi connectivity index (χ0) is 23.0. The Balaban J connectivity index is 1.31. The fourth-order valence-electron chi connectivity index (χ4n) is 4.12. The molecule has 0 bridgehead atoms. The molecule has 1 aliphatic heterocycles. The van der Waals surface area contributed by atoms with E-state index in [1.807, 2.05) is 54.7 Å². The van der Waals surface area contributed by atoms with E-state index in [9.17, 15) is 5.11 Å². The van der Waals surface area contributed by atoms with Gasteiger partial charge in [-0.1, -0.05) is 73.3 Å². The quantitative estimate of drug-likeness (QED) is 0.485. The normalized spacial score (nSPS) is 18.8. The molecule has 2 aromatic carbocycles. The molecule has 33 heavy (non-hydrogen) atoms. The van der Waals surface area contributed by atoms with Gasteiger partial charge in [0.2, 0.25) is 0 Å². The van der Waals surface area contributed by atoms with Crippen molar-refractivity contribution in [3.63, 3.8) is 0 Å². The smallest absolute Gasteiger partial charge is 0.113 e. The van der Waals surface area contributed by atoms with Crippen LogP contribution in [0.2, 0.25) is 5.02 Å². The largest absolute Gasteiger partial charge is 0.392 e. The highest BCUT2D eigenvalue weighted by Gasteiger charge is 2.25. The highest BCUT2D eigenvalue weighted by Crippen LogP contribution is 2.21. The molecular formula is C29H29ClN2O. The topological polar surface area (TPSA) is 36.4 Å². The molecule has 1 fully saturated rings. The number of β-amino-alcohol motifs (C(OH)–C–C–N with tert-alkyl or cyclic N) is 1. The Morgan fingerprint density at radius 2 is 1.79 bits per heavy atom. The zero-order valence-corrected chi connectivity index (χ0v) is 19.7. The van der Waals surface area contributed by atoms with Crippen molar-refractivity contribution >= 4 is 17.7 Å². The van der Waals surface area contributed by atoms with Crippen LogP contribution >= 0.6 is 11.6 Å². The van der Waals surface area contributed by atoms with Crippen LogP contribution in [0.5, 0.6) is 0 Å². The van der Waals surface area contributed by atoms with Gasteiger partial charge in [0.05, 0.1) is 6.10 Å². The molecule has 0 spiro atoms. The van der Waals surface area contributed by atoms with Crippen LogP contribution in [0.25, 0.3) is 17.2 Å². The van der Waals surface area contributed by atoms with Crippen LogP contribution in [-0.4, -0.2) is 40.7 Å². The van der Waals surface area contributed by atoms with Crippen molar-refractivity contribution in [3.8, 4) is 23.0 Å². The number of aromatic nitrogens is 1. The van der Waals surface area contributed by atoms with Crippen molar-refractivity contribution < 1.29 is 5.11 Å². The molecule has 1 unspecified atom stereocenters. The highest BCUT2D eigenvalue weighted by molar-refractivity contribution is 6.30. The lowest BCUT2D eigenvalue weighted by atomic mass is 9.91. The summed E-state index contributed by atoms with van der Waals surface area (Å²) < 4.78 is 0. The summed E-state index contributed by atoms with van der Waals surface area (Å²) in [5.41, 5.74) is 4.97. The molecular weight excluding hydrogens is 428 g/mol. The number of aliphatic hydroxyl groups is 1. The second-order valence-corrected chi connectivity index (χ2v) is 8.93. The van der Waals surface area contributed by atoms with Crippen LogP contribution in [0.1, 0.15) is 36.6 Å². The molecule has 1 aromatic heterocycles. The van der Waals surface area contributed by atoms with E-state index in [4.69, 9.17) is 11.6 Å². The Labute approximate surface area is 201 Å². The summed E-state index contributed by atoms with van der Waals surface area (Å²) in [5.74, 6) is 6.78. The molecule has 1 N–H and O–H groups in total. The Morgan fingerprint density at radius 3 is 2.45 bits per heavy atom. The van der Waals surface area contributed by atoms with Crippen LogP contribution in [0, 0.1) is 17.8 Å². The van der Waals surface area contributed by atoms with Gasteiger partial charge in [0.1, 0.15) is 5.69 Å². The minimum absolute atomic E-state index is 0.196. The van der Waals surface area contributed by atoms with Crippen molar-refractivity contribution in [2.75, 3.05) is 19.6 Å². The summed E-state index contributed by atoms with van der Waals surface area (Å²) in [4.78, 5) is 6.79. The maximum absolute atomic E-state index is 10.2. The number of pyridine rings is 1. The first kappa shape index (κ1) is 23.3. The number of rotatable bonds is 5. The molecule has 2 atom stereocenters. The minimum atomic E-state index is -0.196. The molecule has 3 nitrogen and oxygen atoms in total. The average molecular weight is 457 g/mol. The zero-order valence-electron chi connectivity index (χ0n) is 18.9. The summed E-state index contributed by atoms with van der Waals surface area (Å²) in [6, 6.07) is 19.9. The third-order valence-electron chi connectivity index (χ3n) is 6.19. The molecule has 1 aliphatic rings. The van der Waals surface area contributed by atoms with Crippen molar-refractivity contribution in [1.29, 1.82) is 0 Å². The Kier molecular flexibility index (Phi) is 7.96. The van der Waals surface area contributed by atoms with Gasteiger partial charge in [-0.25, -0.2) is 4.98 Å². The number of piperidine rings is 1. The second-order valence-electron chi connectivity index (χ2n) is 8.50.